The van der Waals surface area contributed by atoms with Crippen LogP contribution in [0.3, 0.4) is 0 Å². The number of hydrogen-bond acceptors (Lipinski definition) is 4. The van der Waals surface area contributed by atoms with Crippen LogP contribution >= 0.6 is 0 Å². The fourth-order valence-electron chi connectivity index (χ4n) is 3.14. The number of nitrogens with one attached hydrogen (secondary N) is 2. The lowest BCUT2D eigenvalue weighted by Gasteiger charge is -2.32. The summed E-state index contributed by atoms with van der Waals surface area (Å²) in [6.45, 7) is 0. The molecular formula is C18H12F12N2O4S2. The largest absolute Gasteiger partial charge is 0.511 e. The van der Waals surface area contributed by atoms with Crippen LogP contribution in [0.1, 0.15) is 34.3 Å². The second kappa shape index (κ2) is 10.2. The molecule has 0 fully saturated rings. The molecule has 0 heterocycles. The van der Waals surface area contributed by atoms with Gasteiger partial charge in [0, 0.05) is 0 Å². The van der Waals surface area contributed by atoms with Crippen LogP contribution in [0.15, 0.2) is 48.5 Å². The lowest BCUT2D eigenvalue weighted by Crippen LogP contribution is -2.48. The third-order valence-electron chi connectivity index (χ3n) is 4.71. The van der Waals surface area contributed by atoms with Crippen LogP contribution in [0.2, 0.25) is 0 Å². The molecule has 2 aromatic carbocycles. The van der Waals surface area contributed by atoms with Crippen molar-refractivity contribution in [1.29, 1.82) is 0 Å². The summed E-state index contributed by atoms with van der Waals surface area (Å²) in [5.74, 6) is 0. The predicted molar refractivity (Wildman–Crippen MR) is 105 cm³/mol. The fraction of sp³-hybridized carbons (Fsp3) is 0.333. The lowest BCUT2D eigenvalue weighted by molar-refractivity contribution is -0.140. The van der Waals surface area contributed by atoms with Gasteiger partial charge in [0.05, 0.1) is 23.2 Å². The van der Waals surface area contributed by atoms with Crippen molar-refractivity contribution in [3.05, 3.63) is 70.8 Å². The van der Waals surface area contributed by atoms with Crippen LogP contribution in [0.25, 0.3) is 0 Å². The summed E-state index contributed by atoms with van der Waals surface area (Å²) < 4.78 is 209. The summed E-state index contributed by atoms with van der Waals surface area (Å²) in [6.07, 6.45) is -11.1. The molecule has 0 aliphatic rings. The standard InChI is InChI=1S/C18H12F12N2O4S2/c19-15(20,21)11-7-3-1-5-9(11)13(31-37(33,34)17(25,26)27)14(32-38(35,36)18(28,29)30)10-6-2-4-8-12(10)16(22,23)24/h1-8,13-14,31-32H/t13-,14-/m1/s1. The average Bonchev–Trinajstić information content (AvgIpc) is 2.73. The van der Waals surface area contributed by atoms with E-state index in [2.05, 4.69) is 0 Å². The van der Waals surface area contributed by atoms with E-state index in [1.54, 1.807) is 0 Å². The first kappa shape index (κ1) is 31.6. The predicted octanol–water partition coefficient (Wildman–Crippen LogP) is 5.39. The smallest absolute Gasteiger partial charge is 0.203 e. The van der Waals surface area contributed by atoms with Gasteiger partial charge in [0.2, 0.25) is 0 Å². The van der Waals surface area contributed by atoms with E-state index in [0.717, 1.165) is 0 Å². The van der Waals surface area contributed by atoms with Gasteiger partial charge in [0.15, 0.2) is 0 Å². The number of hydrogen-bond donors (Lipinski definition) is 2. The lowest BCUT2D eigenvalue weighted by atomic mass is 9.89. The Balaban J connectivity index is 3.04. The molecule has 2 N–H and O–H groups in total. The van der Waals surface area contributed by atoms with E-state index in [0.29, 0.717) is 33.7 Å². The first-order valence-electron chi connectivity index (χ1n) is 9.39. The van der Waals surface area contributed by atoms with Crippen molar-refractivity contribution < 1.29 is 69.5 Å². The fourth-order valence-corrected chi connectivity index (χ4v) is 4.60. The minimum absolute atomic E-state index is 0.134. The van der Waals surface area contributed by atoms with Crippen molar-refractivity contribution in [1.82, 2.24) is 9.44 Å². The van der Waals surface area contributed by atoms with Crippen LogP contribution in [0.5, 0.6) is 0 Å². The average molecular weight is 612 g/mol. The van der Waals surface area contributed by atoms with Gasteiger partial charge in [0.25, 0.3) is 0 Å². The second-order valence-electron chi connectivity index (χ2n) is 7.26. The summed E-state index contributed by atoms with van der Waals surface area (Å²) in [5.41, 5.74) is -19.9. The molecular weight excluding hydrogens is 600 g/mol. The quantitative estimate of drug-likeness (QED) is 0.411. The maximum absolute atomic E-state index is 13.6. The summed E-state index contributed by atoms with van der Waals surface area (Å²) in [6, 6.07) is -3.39. The van der Waals surface area contributed by atoms with E-state index >= 15 is 0 Å². The van der Waals surface area contributed by atoms with Gasteiger partial charge in [-0.15, -0.1) is 0 Å². The van der Waals surface area contributed by atoms with Crippen LogP contribution < -0.4 is 9.44 Å². The van der Waals surface area contributed by atoms with Gasteiger partial charge in [-0.2, -0.15) is 62.1 Å². The first-order valence-corrected chi connectivity index (χ1v) is 12.4. The zero-order valence-electron chi connectivity index (χ0n) is 17.8. The SMILES string of the molecule is O=S(=O)(N[C@H](c1ccccc1C(F)(F)F)[C@H](NS(=O)(=O)C(F)(F)F)c1ccccc1C(F)(F)F)C(F)(F)F. The summed E-state index contributed by atoms with van der Waals surface area (Å²) in [4.78, 5) is 0. The van der Waals surface area contributed by atoms with Crippen molar-refractivity contribution in [3.8, 4) is 0 Å². The molecule has 0 saturated carbocycles. The van der Waals surface area contributed by atoms with Crippen molar-refractivity contribution in [2.75, 3.05) is 0 Å². The Morgan fingerprint density at radius 3 is 1.00 bits per heavy atom. The Kier molecular flexibility index (Phi) is 8.48. The molecule has 0 saturated heterocycles. The summed E-state index contributed by atoms with van der Waals surface area (Å²) in [7, 11) is -13.6. The minimum Gasteiger partial charge on any atom is -0.203 e. The first-order chi connectivity index (χ1) is 16.9. The van der Waals surface area contributed by atoms with E-state index in [1.165, 1.54) is 0 Å². The molecule has 0 bridgehead atoms. The Morgan fingerprint density at radius 2 is 0.763 bits per heavy atom. The molecule has 0 radical (unpaired) electrons. The zero-order chi connectivity index (χ0) is 29.5. The molecule has 0 amide bonds. The maximum atomic E-state index is 13.6. The van der Waals surface area contributed by atoms with Crippen molar-refractivity contribution in [2.24, 2.45) is 0 Å². The van der Waals surface area contributed by atoms with E-state index in [4.69, 9.17) is 0 Å². The molecule has 2 atom stereocenters. The van der Waals surface area contributed by atoms with E-state index in [-0.39, 0.29) is 24.3 Å². The molecule has 38 heavy (non-hydrogen) atoms. The van der Waals surface area contributed by atoms with Crippen molar-refractivity contribution >= 4 is 20.0 Å². The number of benzene rings is 2. The molecule has 2 aromatic rings. The minimum atomic E-state index is -6.81. The molecule has 20 heteroatoms. The molecule has 6 nitrogen and oxygen atoms in total. The topological polar surface area (TPSA) is 92.3 Å². The number of sulfonamides is 2. The Bertz CT molecular complexity index is 1260. The van der Waals surface area contributed by atoms with Gasteiger partial charge in [-0.3, -0.25) is 0 Å². The van der Waals surface area contributed by atoms with Gasteiger partial charge in [-0.05, 0) is 23.3 Å². The van der Waals surface area contributed by atoms with Crippen LogP contribution in [0.4, 0.5) is 52.7 Å². The van der Waals surface area contributed by atoms with Crippen LogP contribution in [-0.4, -0.2) is 27.9 Å². The summed E-state index contributed by atoms with van der Waals surface area (Å²) in [5, 5.41) is 0. The third-order valence-corrected chi connectivity index (χ3v) is 7.06. The summed E-state index contributed by atoms with van der Waals surface area (Å²) >= 11 is 0. The monoisotopic (exact) mass is 612 g/mol. The van der Waals surface area contributed by atoms with Gasteiger partial charge in [-0.25, -0.2) is 16.8 Å². The highest BCUT2D eigenvalue weighted by atomic mass is 32.2. The van der Waals surface area contributed by atoms with E-state index in [1.807, 2.05) is 0 Å². The van der Waals surface area contributed by atoms with Gasteiger partial charge in [0.1, 0.15) is 0 Å². The van der Waals surface area contributed by atoms with E-state index in [9.17, 15) is 69.5 Å². The molecule has 0 spiro atoms. The van der Waals surface area contributed by atoms with Gasteiger partial charge < -0.3 is 0 Å². The van der Waals surface area contributed by atoms with Crippen LogP contribution in [0, 0.1) is 0 Å². The highest BCUT2D eigenvalue weighted by molar-refractivity contribution is 7.90. The molecule has 0 aliphatic heterocycles. The Hall–Kier alpha value is -2.58. The molecule has 0 aliphatic carbocycles. The number of alkyl halides is 12. The van der Waals surface area contributed by atoms with E-state index < -0.39 is 77.8 Å². The molecule has 2 rings (SSSR count). The highest BCUT2D eigenvalue weighted by Crippen LogP contribution is 2.44. The molecule has 0 aromatic heterocycles. The number of halogens is 12. The van der Waals surface area contributed by atoms with Gasteiger partial charge in [-0.1, -0.05) is 36.4 Å². The van der Waals surface area contributed by atoms with Crippen LogP contribution in [-0.2, 0) is 32.4 Å². The second-order valence-corrected chi connectivity index (χ2v) is 10.7. The van der Waals surface area contributed by atoms with Crippen molar-refractivity contribution in [2.45, 2.75) is 35.5 Å². The normalized spacial score (nSPS) is 15.8. The maximum Gasteiger partial charge on any atom is 0.511 e. The molecule has 214 valence electrons. The zero-order valence-corrected chi connectivity index (χ0v) is 19.4. The third kappa shape index (κ3) is 6.89. The number of rotatable bonds is 7. The Labute approximate surface area is 205 Å². The highest BCUT2D eigenvalue weighted by Gasteiger charge is 2.53. The molecule has 0 unspecified atom stereocenters. The van der Waals surface area contributed by atoms with Crippen molar-refractivity contribution in [3.63, 3.8) is 0 Å². The Morgan fingerprint density at radius 1 is 0.500 bits per heavy atom. The van der Waals surface area contributed by atoms with Gasteiger partial charge >= 0.3 is 43.4 Å².